The second-order valence-corrected chi connectivity index (χ2v) is 6.45. The van der Waals surface area contributed by atoms with E-state index in [9.17, 15) is 9.36 Å². The average Bonchev–Trinajstić information content (AvgIpc) is 2.38. The highest BCUT2D eigenvalue weighted by Crippen LogP contribution is 2.47. The van der Waals surface area contributed by atoms with Crippen molar-refractivity contribution in [1.29, 1.82) is 0 Å². The SMILES string of the molecule is COC(=O)CN(C)P1(=O)NCc2ccccc2N1. The van der Waals surface area contributed by atoms with Gasteiger partial charge in [0.2, 0.25) is 0 Å². The molecule has 2 rings (SSSR count). The summed E-state index contributed by atoms with van der Waals surface area (Å²) in [5, 5.41) is 5.91. The maximum Gasteiger partial charge on any atom is 0.320 e. The molecule has 0 spiro atoms. The molecule has 7 heteroatoms. The van der Waals surface area contributed by atoms with Gasteiger partial charge in [-0.15, -0.1) is 0 Å². The van der Waals surface area contributed by atoms with Crippen molar-refractivity contribution in [1.82, 2.24) is 9.76 Å². The Morgan fingerprint density at radius 2 is 2.22 bits per heavy atom. The molecule has 1 aliphatic rings. The van der Waals surface area contributed by atoms with Crippen molar-refractivity contribution < 1.29 is 14.1 Å². The third-order valence-electron chi connectivity index (χ3n) is 2.84. The van der Waals surface area contributed by atoms with E-state index in [1.165, 1.54) is 11.8 Å². The van der Waals surface area contributed by atoms with E-state index in [1.54, 1.807) is 7.05 Å². The fourth-order valence-corrected chi connectivity index (χ4v) is 3.47. The van der Waals surface area contributed by atoms with Crippen LogP contribution in [0, 0.1) is 0 Å². The number of carbonyl (C=O) groups is 1. The van der Waals surface area contributed by atoms with Crippen molar-refractivity contribution in [2.45, 2.75) is 6.54 Å². The third kappa shape index (κ3) is 2.56. The average molecular weight is 269 g/mol. The maximum absolute atomic E-state index is 12.6. The molecule has 98 valence electrons. The number of carbonyl (C=O) groups excluding carboxylic acids is 1. The van der Waals surface area contributed by atoms with E-state index in [0.29, 0.717) is 6.54 Å². The van der Waals surface area contributed by atoms with Crippen molar-refractivity contribution in [3.05, 3.63) is 29.8 Å². The second-order valence-electron chi connectivity index (χ2n) is 4.07. The summed E-state index contributed by atoms with van der Waals surface area (Å²) in [5.74, 6) is -0.421. The molecule has 0 amide bonds. The number of hydrogen-bond donors (Lipinski definition) is 2. The minimum atomic E-state index is -2.97. The minimum absolute atomic E-state index is 0.0318. The van der Waals surface area contributed by atoms with Crippen LogP contribution in [0.4, 0.5) is 5.69 Å². The molecule has 6 nitrogen and oxygen atoms in total. The van der Waals surface area contributed by atoms with E-state index in [-0.39, 0.29) is 6.54 Å². The van der Waals surface area contributed by atoms with Crippen LogP contribution in [0.5, 0.6) is 0 Å². The molecule has 1 unspecified atom stereocenters. The highest BCUT2D eigenvalue weighted by molar-refractivity contribution is 7.61. The van der Waals surface area contributed by atoms with E-state index in [0.717, 1.165) is 11.3 Å². The van der Waals surface area contributed by atoms with E-state index >= 15 is 0 Å². The molecule has 1 aromatic carbocycles. The van der Waals surface area contributed by atoms with Gasteiger partial charge in [0.15, 0.2) is 0 Å². The van der Waals surface area contributed by atoms with Crippen molar-refractivity contribution >= 4 is 19.3 Å². The smallest absolute Gasteiger partial charge is 0.320 e. The molecule has 0 saturated carbocycles. The molecular formula is C11H16N3O3P. The lowest BCUT2D eigenvalue weighted by atomic mass is 10.2. The standard InChI is InChI=1S/C11H16N3O3P/c1-14(8-11(15)17-2)18(16)12-7-9-5-3-4-6-10(9)13-18/h3-6H,7-8H2,1-2H3,(H2,12,13,16). The predicted molar refractivity (Wildman–Crippen MR) is 69.2 cm³/mol. The molecule has 0 aliphatic carbocycles. The Morgan fingerprint density at radius 1 is 1.50 bits per heavy atom. The number of para-hydroxylation sites is 1. The number of likely N-dealkylation sites (N-methyl/N-ethyl adjacent to an activating group) is 1. The first-order valence-electron chi connectivity index (χ1n) is 5.55. The molecule has 0 saturated heterocycles. The first-order valence-corrected chi connectivity index (χ1v) is 7.21. The van der Waals surface area contributed by atoms with Gasteiger partial charge in [-0.3, -0.25) is 9.36 Å². The van der Waals surface area contributed by atoms with Crippen molar-refractivity contribution in [2.75, 3.05) is 25.8 Å². The molecule has 0 bridgehead atoms. The summed E-state index contributed by atoms with van der Waals surface area (Å²) in [4.78, 5) is 11.2. The first kappa shape index (κ1) is 13.1. The van der Waals surface area contributed by atoms with Crippen LogP contribution in [0.2, 0.25) is 0 Å². The number of esters is 1. The van der Waals surface area contributed by atoms with Gasteiger partial charge >= 0.3 is 13.6 Å². The van der Waals surface area contributed by atoms with Crippen molar-refractivity contribution in [3.8, 4) is 0 Å². The first-order chi connectivity index (χ1) is 8.55. The molecule has 1 aromatic rings. The number of nitrogens with zero attached hydrogens (tertiary/aromatic N) is 1. The zero-order valence-corrected chi connectivity index (χ0v) is 11.2. The van der Waals surface area contributed by atoms with Crippen LogP contribution in [0.15, 0.2) is 24.3 Å². The Hall–Kier alpha value is -1.36. The molecule has 1 aliphatic heterocycles. The molecule has 2 N–H and O–H groups in total. The minimum Gasteiger partial charge on any atom is -0.468 e. The number of hydrogen-bond acceptors (Lipinski definition) is 3. The van der Waals surface area contributed by atoms with Crippen LogP contribution in [0.1, 0.15) is 5.56 Å². The van der Waals surface area contributed by atoms with Gasteiger partial charge in [-0.25, -0.2) is 9.76 Å². The molecule has 0 aromatic heterocycles. The summed E-state index contributed by atoms with van der Waals surface area (Å²) in [7, 11) is -0.0460. The van der Waals surface area contributed by atoms with Crippen LogP contribution in [-0.2, 0) is 20.6 Å². The number of ether oxygens (including phenoxy) is 1. The van der Waals surface area contributed by atoms with Crippen LogP contribution >= 0.6 is 7.59 Å². The Balaban J connectivity index is 2.15. The number of nitrogens with one attached hydrogen (secondary N) is 2. The number of methoxy groups -OCH3 is 1. The molecular weight excluding hydrogens is 253 g/mol. The lowest BCUT2D eigenvalue weighted by Gasteiger charge is -2.33. The monoisotopic (exact) mass is 269 g/mol. The third-order valence-corrected chi connectivity index (χ3v) is 5.07. The largest absolute Gasteiger partial charge is 0.468 e. The van der Waals surface area contributed by atoms with Gasteiger partial charge in [0.25, 0.3) is 0 Å². The van der Waals surface area contributed by atoms with Crippen molar-refractivity contribution in [3.63, 3.8) is 0 Å². The van der Waals surface area contributed by atoms with E-state index in [4.69, 9.17) is 0 Å². The van der Waals surface area contributed by atoms with Crippen LogP contribution in [-0.4, -0.2) is 31.3 Å². The van der Waals surface area contributed by atoms with Gasteiger partial charge in [-0.1, -0.05) is 18.2 Å². The van der Waals surface area contributed by atoms with E-state index in [2.05, 4.69) is 14.9 Å². The maximum atomic E-state index is 12.6. The van der Waals surface area contributed by atoms with Crippen LogP contribution < -0.4 is 10.2 Å². The number of fused-ring (bicyclic) bond motifs is 1. The predicted octanol–water partition coefficient (Wildman–Crippen LogP) is 1.41. The lowest BCUT2D eigenvalue weighted by Crippen LogP contribution is -2.35. The fraction of sp³-hybridized carbons (Fsp3) is 0.364. The zero-order chi connectivity index (χ0) is 13.2. The summed E-state index contributed by atoms with van der Waals surface area (Å²) in [6.45, 7) is 0.474. The lowest BCUT2D eigenvalue weighted by molar-refractivity contribution is -0.140. The highest BCUT2D eigenvalue weighted by atomic mass is 31.2. The van der Waals surface area contributed by atoms with Gasteiger partial charge < -0.3 is 9.82 Å². The Bertz CT molecular complexity index is 506. The topological polar surface area (TPSA) is 70.7 Å². The molecule has 0 fully saturated rings. The second kappa shape index (κ2) is 5.10. The van der Waals surface area contributed by atoms with Gasteiger partial charge in [-0.05, 0) is 18.7 Å². The van der Waals surface area contributed by atoms with Gasteiger partial charge in [0.1, 0.15) is 6.54 Å². The number of anilines is 1. The van der Waals surface area contributed by atoms with Crippen molar-refractivity contribution in [2.24, 2.45) is 0 Å². The Labute approximate surface area is 106 Å². The quantitative estimate of drug-likeness (QED) is 0.638. The van der Waals surface area contributed by atoms with Gasteiger partial charge in [0.05, 0.1) is 7.11 Å². The zero-order valence-electron chi connectivity index (χ0n) is 10.3. The van der Waals surface area contributed by atoms with E-state index < -0.39 is 13.6 Å². The summed E-state index contributed by atoms with van der Waals surface area (Å²) in [6, 6.07) is 7.63. The summed E-state index contributed by atoms with van der Waals surface area (Å²) >= 11 is 0. The Morgan fingerprint density at radius 3 is 2.94 bits per heavy atom. The molecule has 0 radical (unpaired) electrons. The Kier molecular flexibility index (Phi) is 3.71. The molecule has 1 atom stereocenters. The number of rotatable bonds is 3. The molecule has 18 heavy (non-hydrogen) atoms. The fourth-order valence-electron chi connectivity index (χ4n) is 1.74. The highest BCUT2D eigenvalue weighted by Gasteiger charge is 2.32. The van der Waals surface area contributed by atoms with Crippen LogP contribution in [0.25, 0.3) is 0 Å². The van der Waals surface area contributed by atoms with Gasteiger partial charge in [0, 0.05) is 12.2 Å². The van der Waals surface area contributed by atoms with E-state index in [1.807, 2.05) is 24.3 Å². The molecule has 1 heterocycles. The summed E-state index contributed by atoms with van der Waals surface area (Å²) < 4.78 is 18.7. The van der Waals surface area contributed by atoms with Gasteiger partial charge in [-0.2, -0.15) is 0 Å². The summed E-state index contributed by atoms with van der Waals surface area (Å²) in [6.07, 6.45) is 0. The normalized spacial score (nSPS) is 22.2. The van der Waals surface area contributed by atoms with Crippen LogP contribution in [0.3, 0.4) is 0 Å². The summed E-state index contributed by atoms with van der Waals surface area (Å²) in [5.41, 5.74) is 1.88. The number of benzene rings is 1.